The molecule has 1 saturated heterocycles. The van der Waals surface area contributed by atoms with Crippen LogP contribution in [0.1, 0.15) is 39.0 Å². The molecule has 2 aromatic rings. The summed E-state index contributed by atoms with van der Waals surface area (Å²) in [4.78, 5) is 38.6. The van der Waals surface area contributed by atoms with Gasteiger partial charge in [0.25, 0.3) is 5.56 Å². The predicted octanol–water partition coefficient (Wildman–Crippen LogP) is 2.24. The van der Waals surface area contributed by atoms with Crippen LogP contribution < -0.4 is 20.9 Å². The van der Waals surface area contributed by atoms with Crippen molar-refractivity contribution in [3.8, 4) is 5.75 Å². The van der Waals surface area contributed by atoms with E-state index < -0.39 is 61.7 Å². The zero-order valence-corrected chi connectivity index (χ0v) is 22.5. The maximum Gasteiger partial charge on any atom is 0.459 e. The summed E-state index contributed by atoms with van der Waals surface area (Å²) in [5, 5.41) is 13.4. The van der Waals surface area contributed by atoms with Gasteiger partial charge in [0, 0.05) is 18.2 Å². The SMILES string of the molecule is Cc1cn([C@H]2C[C@H](O)[C@@](CCl)(COP(=O)(N[C@@H](C)C(=O)OC(C)C)Oc3ccccc3)O2)c(=O)[nH]c1=O. The van der Waals surface area contributed by atoms with E-state index in [4.69, 9.17) is 30.1 Å². The number of hydrogen-bond donors (Lipinski definition) is 3. The third kappa shape index (κ3) is 7.10. The highest BCUT2D eigenvalue weighted by atomic mass is 35.5. The van der Waals surface area contributed by atoms with Gasteiger partial charge in [-0.2, -0.15) is 5.09 Å². The Morgan fingerprint density at radius 1 is 1.32 bits per heavy atom. The number of carbonyl (C=O) groups is 1. The molecule has 14 heteroatoms. The van der Waals surface area contributed by atoms with Gasteiger partial charge >= 0.3 is 19.4 Å². The van der Waals surface area contributed by atoms with Crippen LogP contribution >= 0.6 is 19.3 Å². The Hall–Kier alpha value is -2.47. The van der Waals surface area contributed by atoms with Gasteiger partial charge in [-0.1, -0.05) is 18.2 Å². The first-order valence-corrected chi connectivity index (χ1v) is 13.7. The van der Waals surface area contributed by atoms with Crippen molar-refractivity contribution in [2.75, 3.05) is 12.5 Å². The van der Waals surface area contributed by atoms with Gasteiger partial charge in [0.1, 0.15) is 23.6 Å². The number of halogens is 1. The van der Waals surface area contributed by atoms with Crippen molar-refractivity contribution in [2.45, 2.75) is 64.2 Å². The van der Waals surface area contributed by atoms with Crippen LogP contribution in [0.3, 0.4) is 0 Å². The number of benzene rings is 1. The normalized spacial score (nSPS) is 24.0. The fourth-order valence-electron chi connectivity index (χ4n) is 3.59. The minimum Gasteiger partial charge on any atom is -0.462 e. The van der Waals surface area contributed by atoms with Crippen LogP contribution in [0.4, 0.5) is 0 Å². The van der Waals surface area contributed by atoms with E-state index in [2.05, 4.69) is 10.1 Å². The van der Waals surface area contributed by atoms with E-state index >= 15 is 0 Å². The molecule has 204 valence electrons. The number of hydrogen-bond acceptors (Lipinski definition) is 9. The average Bonchev–Trinajstić information content (AvgIpc) is 3.16. The van der Waals surface area contributed by atoms with Crippen LogP contribution in [0.15, 0.2) is 46.1 Å². The molecule has 0 spiro atoms. The lowest BCUT2D eigenvalue weighted by Crippen LogP contribution is -2.47. The molecule has 1 fully saturated rings. The summed E-state index contributed by atoms with van der Waals surface area (Å²) in [5.74, 6) is -0.769. The molecule has 1 aromatic heterocycles. The number of aryl methyl sites for hydroxylation is 1. The minimum absolute atomic E-state index is 0.0597. The monoisotopic (exact) mass is 559 g/mol. The summed E-state index contributed by atoms with van der Waals surface area (Å²) in [6.07, 6.45) is -1.36. The Kier molecular flexibility index (Phi) is 9.38. The second-order valence-electron chi connectivity index (χ2n) is 9.01. The summed E-state index contributed by atoms with van der Waals surface area (Å²) in [7, 11) is -4.26. The fraction of sp³-hybridized carbons (Fsp3) is 0.522. The number of rotatable bonds is 11. The lowest BCUT2D eigenvalue weighted by molar-refractivity contribution is -0.149. The van der Waals surface area contributed by atoms with Gasteiger partial charge in [-0.15, -0.1) is 11.6 Å². The second-order valence-corrected chi connectivity index (χ2v) is 11.0. The van der Waals surface area contributed by atoms with Gasteiger partial charge in [0.2, 0.25) is 0 Å². The van der Waals surface area contributed by atoms with Crippen LogP contribution in [-0.2, 0) is 23.4 Å². The molecule has 5 atom stereocenters. The van der Waals surface area contributed by atoms with Crippen molar-refractivity contribution >= 4 is 25.3 Å². The Labute approximate surface area is 218 Å². The van der Waals surface area contributed by atoms with Crippen molar-refractivity contribution in [2.24, 2.45) is 0 Å². The molecular formula is C23H31ClN3O9P. The number of H-pyrrole nitrogens is 1. The molecule has 3 N–H and O–H groups in total. The highest BCUT2D eigenvalue weighted by Gasteiger charge is 2.50. The Bertz CT molecular complexity index is 1250. The molecular weight excluding hydrogens is 529 g/mol. The van der Waals surface area contributed by atoms with Crippen molar-refractivity contribution in [3.05, 3.63) is 62.9 Å². The van der Waals surface area contributed by atoms with E-state index in [1.54, 1.807) is 44.2 Å². The molecule has 1 aromatic carbocycles. The van der Waals surface area contributed by atoms with E-state index in [0.29, 0.717) is 0 Å². The Morgan fingerprint density at radius 3 is 2.62 bits per heavy atom. The molecule has 12 nitrogen and oxygen atoms in total. The van der Waals surface area contributed by atoms with Gasteiger partial charge < -0.3 is 19.1 Å². The second kappa shape index (κ2) is 11.9. The molecule has 3 rings (SSSR count). The Balaban J connectivity index is 1.83. The van der Waals surface area contributed by atoms with Crippen LogP contribution in [0.25, 0.3) is 0 Å². The van der Waals surface area contributed by atoms with Crippen LogP contribution in [0.2, 0.25) is 0 Å². The van der Waals surface area contributed by atoms with Crippen LogP contribution in [0.5, 0.6) is 5.75 Å². The number of nitrogens with one attached hydrogen (secondary N) is 2. The number of para-hydroxylation sites is 1. The summed E-state index contributed by atoms with van der Waals surface area (Å²) in [5.41, 5.74) is -2.59. The van der Waals surface area contributed by atoms with Gasteiger partial charge in [0.05, 0.1) is 24.7 Å². The number of esters is 1. The van der Waals surface area contributed by atoms with E-state index in [-0.39, 0.29) is 23.6 Å². The zero-order valence-electron chi connectivity index (χ0n) is 20.9. The number of nitrogens with zero attached hydrogens (tertiary/aromatic N) is 1. The molecule has 0 amide bonds. The largest absolute Gasteiger partial charge is 0.462 e. The maximum absolute atomic E-state index is 13.8. The van der Waals surface area contributed by atoms with Gasteiger partial charge in [0.15, 0.2) is 0 Å². The third-order valence-electron chi connectivity index (χ3n) is 5.59. The summed E-state index contributed by atoms with van der Waals surface area (Å²) in [6, 6.07) is 7.08. The molecule has 0 bridgehead atoms. The number of aromatic amines is 1. The smallest absolute Gasteiger partial charge is 0.459 e. The molecule has 2 heterocycles. The number of aliphatic hydroxyl groups is 1. The quantitative estimate of drug-likeness (QED) is 0.212. The number of alkyl halides is 1. The third-order valence-corrected chi connectivity index (χ3v) is 7.67. The maximum atomic E-state index is 13.8. The van der Waals surface area contributed by atoms with E-state index in [0.717, 1.165) is 4.57 Å². The highest BCUT2D eigenvalue weighted by molar-refractivity contribution is 7.52. The average molecular weight is 560 g/mol. The lowest BCUT2D eigenvalue weighted by Gasteiger charge is -2.32. The predicted molar refractivity (Wildman–Crippen MR) is 135 cm³/mol. The Morgan fingerprint density at radius 2 is 2.00 bits per heavy atom. The zero-order chi connectivity index (χ0) is 27.4. The first kappa shape index (κ1) is 29.1. The minimum atomic E-state index is -4.26. The fourth-order valence-corrected chi connectivity index (χ4v) is 5.46. The lowest BCUT2D eigenvalue weighted by atomic mass is 10.0. The van der Waals surface area contributed by atoms with Crippen molar-refractivity contribution in [1.29, 1.82) is 0 Å². The number of carbonyl (C=O) groups excluding carboxylic acids is 1. The molecule has 1 aliphatic rings. The molecule has 0 aliphatic carbocycles. The first-order valence-electron chi connectivity index (χ1n) is 11.6. The van der Waals surface area contributed by atoms with Crippen LogP contribution in [-0.4, -0.2) is 57.0 Å². The number of ether oxygens (including phenoxy) is 2. The molecule has 0 saturated carbocycles. The standard InChI is InChI=1S/C23H31ClN3O9P/c1-14(2)34-21(30)16(4)26-37(32,36-17-8-6-5-7-9-17)33-13-23(12-24)18(28)10-19(35-23)27-11-15(3)20(29)25-22(27)31/h5-9,11,14,16,18-19,28H,10,12-13H2,1-4H3,(H,26,32)(H,25,29,31)/t16-,18-,19+,23+,37?/m0/s1. The van der Waals surface area contributed by atoms with Gasteiger partial charge in [-0.3, -0.25) is 23.7 Å². The van der Waals surface area contributed by atoms with Crippen LogP contribution in [0, 0.1) is 6.92 Å². The summed E-state index contributed by atoms with van der Waals surface area (Å²) >= 11 is 6.18. The molecule has 1 unspecified atom stereocenters. The van der Waals surface area contributed by atoms with Gasteiger partial charge in [-0.05, 0) is 39.8 Å². The van der Waals surface area contributed by atoms with Gasteiger partial charge in [-0.25, -0.2) is 9.36 Å². The van der Waals surface area contributed by atoms with E-state index in [1.165, 1.54) is 20.0 Å². The van der Waals surface area contributed by atoms with E-state index in [1.807, 2.05) is 0 Å². The molecule has 0 radical (unpaired) electrons. The topological polar surface area (TPSA) is 158 Å². The summed E-state index contributed by atoms with van der Waals surface area (Å²) in [6.45, 7) is 5.79. The molecule has 37 heavy (non-hydrogen) atoms. The highest BCUT2D eigenvalue weighted by Crippen LogP contribution is 2.48. The van der Waals surface area contributed by atoms with E-state index in [9.17, 15) is 24.1 Å². The van der Waals surface area contributed by atoms with Crippen molar-refractivity contribution in [3.63, 3.8) is 0 Å². The van der Waals surface area contributed by atoms with Crippen molar-refractivity contribution < 1.29 is 33.0 Å². The van der Waals surface area contributed by atoms with Crippen molar-refractivity contribution in [1.82, 2.24) is 14.6 Å². The molecule has 1 aliphatic heterocycles. The first-order chi connectivity index (χ1) is 17.4. The number of aliphatic hydroxyl groups excluding tert-OH is 1. The summed E-state index contributed by atoms with van der Waals surface area (Å²) < 4.78 is 37.3. The number of aromatic nitrogens is 2.